The summed E-state index contributed by atoms with van der Waals surface area (Å²) in [7, 11) is 0. The Morgan fingerprint density at radius 2 is 0.562 bits per heavy atom. The van der Waals surface area contributed by atoms with Crippen molar-refractivity contribution < 1.29 is 0 Å². The first-order valence-electron chi connectivity index (χ1n) is 21.7. The van der Waals surface area contributed by atoms with Gasteiger partial charge in [0.1, 0.15) is 0 Å². The van der Waals surface area contributed by atoms with Crippen LogP contribution in [-0.2, 0) is 0 Å². The van der Waals surface area contributed by atoms with Crippen LogP contribution >= 0.6 is 11.3 Å². The summed E-state index contributed by atoms with van der Waals surface area (Å²) in [5.74, 6) is 0. The molecule has 0 fully saturated rings. The van der Waals surface area contributed by atoms with Crippen molar-refractivity contribution in [2.24, 2.45) is 0 Å². The fraction of sp³-hybridized carbons (Fsp3) is 0. The lowest BCUT2D eigenvalue weighted by Crippen LogP contribution is -2.13. The van der Waals surface area contributed by atoms with Crippen LogP contribution in [-0.4, -0.2) is 0 Å². The molecule has 0 aliphatic rings. The van der Waals surface area contributed by atoms with Gasteiger partial charge in [-0.1, -0.05) is 140 Å². The first-order chi connectivity index (χ1) is 31.7. The number of anilines is 9. The summed E-state index contributed by atoms with van der Waals surface area (Å²) in [6, 6.07) is 93.6. The second-order valence-corrected chi connectivity index (χ2v) is 16.9. The van der Waals surface area contributed by atoms with Gasteiger partial charge in [-0.2, -0.15) is 0 Å². The first kappa shape index (κ1) is 38.7. The van der Waals surface area contributed by atoms with E-state index in [4.69, 9.17) is 0 Å². The van der Waals surface area contributed by atoms with E-state index in [1.54, 1.807) is 0 Å². The van der Waals surface area contributed by atoms with Gasteiger partial charge in [0.05, 0.1) is 0 Å². The molecule has 3 nitrogen and oxygen atoms in total. The Morgan fingerprint density at radius 1 is 0.203 bits per heavy atom. The molecule has 0 amide bonds. The molecule has 10 aromatic carbocycles. The lowest BCUT2D eigenvalue weighted by atomic mass is 9.99. The normalized spacial score (nSPS) is 11.1. The third kappa shape index (κ3) is 7.68. The van der Waals surface area contributed by atoms with E-state index in [0.29, 0.717) is 0 Å². The Morgan fingerprint density at radius 3 is 1.02 bits per heavy atom. The molecular formula is C60H43N3S. The highest BCUT2D eigenvalue weighted by molar-refractivity contribution is 7.25. The number of para-hydroxylation sites is 6. The Bertz CT molecular complexity index is 3100. The molecular weight excluding hydrogens is 795 g/mol. The number of rotatable bonds is 11. The number of hydrogen-bond donors (Lipinski definition) is 0. The van der Waals surface area contributed by atoms with Gasteiger partial charge in [0.15, 0.2) is 0 Å². The van der Waals surface area contributed by atoms with E-state index >= 15 is 0 Å². The highest BCUT2D eigenvalue weighted by Gasteiger charge is 2.20. The topological polar surface area (TPSA) is 9.72 Å². The third-order valence-electron chi connectivity index (χ3n) is 11.7. The van der Waals surface area contributed by atoms with Gasteiger partial charge in [0.25, 0.3) is 0 Å². The van der Waals surface area contributed by atoms with Crippen molar-refractivity contribution in [3.63, 3.8) is 0 Å². The second kappa shape index (κ2) is 17.3. The van der Waals surface area contributed by atoms with Crippen molar-refractivity contribution in [1.29, 1.82) is 0 Å². The molecule has 1 aromatic heterocycles. The minimum atomic E-state index is 1.07. The summed E-state index contributed by atoms with van der Waals surface area (Å²) < 4.78 is 2.54. The molecule has 11 aromatic rings. The first-order valence-corrected chi connectivity index (χ1v) is 22.5. The van der Waals surface area contributed by atoms with Crippen LogP contribution < -0.4 is 14.7 Å². The zero-order chi connectivity index (χ0) is 42.7. The highest BCUT2D eigenvalue weighted by atomic mass is 32.1. The standard InChI is InChI=1S/C60H43N3S/c1-7-21-48(22-8-1)61(49-23-9-2-10-24-49)54-33-19-20-44(38-54)46-34-36-57-58-41-45(35-37-59(58)64-60(57)42-46)47-39-55(62(50-25-11-3-12-26-50)51-27-13-4-14-28-51)43-56(40-47)63(52-29-15-5-16-30-52)53-31-17-6-18-32-53/h1-43H. The van der Waals surface area contributed by atoms with Crippen molar-refractivity contribution in [1.82, 2.24) is 0 Å². The minimum Gasteiger partial charge on any atom is -0.310 e. The fourth-order valence-electron chi connectivity index (χ4n) is 8.78. The summed E-state index contributed by atoms with van der Waals surface area (Å²) in [6.45, 7) is 0. The van der Waals surface area contributed by atoms with Crippen molar-refractivity contribution in [2.45, 2.75) is 0 Å². The van der Waals surface area contributed by atoms with Gasteiger partial charge in [0.2, 0.25) is 0 Å². The summed E-state index contributed by atoms with van der Waals surface area (Å²) >= 11 is 1.86. The van der Waals surface area contributed by atoms with Crippen LogP contribution in [0, 0.1) is 0 Å². The molecule has 64 heavy (non-hydrogen) atoms. The maximum Gasteiger partial charge on any atom is 0.0488 e. The molecule has 0 saturated heterocycles. The molecule has 0 aliphatic heterocycles. The van der Waals surface area contributed by atoms with Crippen molar-refractivity contribution in [3.8, 4) is 22.3 Å². The molecule has 304 valence electrons. The zero-order valence-electron chi connectivity index (χ0n) is 35.1. The second-order valence-electron chi connectivity index (χ2n) is 15.8. The number of fused-ring (bicyclic) bond motifs is 3. The summed E-state index contributed by atoms with van der Waals surface area (Å²) in [6.07, 6.45) is 0. The predicted octanol–water partition coefficient (Wildman–Crippen LogP) is 17.8. The maximum atomic E-state index is 2.39. The Hall–Kier alpha value is -8.18. The smallest absolute Gasteiger partial charge is 0.0488 e. The van der Waals surface area contributed by atoms with Crippen LogP contribution in [0.15, 0.2) is 261 Å². The molecule has 0 aliphatic carbocycles. The van der Waals surface area contributed by atoms with E-state index in [2.05, 4.69) is 276 Å². The van der Waals surface area contributed by atoms with E-state index in [9.17, 15) is 0 Å². The highest BCUT2D eigenvalue weighted by Crippen LogP contribution is 2.45. The number of thiophene rings is 1. The Labute approximate surface area is 378 Å². The van der Waals surface area contributed by atoms with Crippen molar-refractivity contribution in [3.05, 3.63) is 261 Å². The minimum absolute atomic E-state index is 1.07. The maximum absolute atomic E-state index is 2.39. The predicted molar refractivity (Wildman–Crippen MR) is 274 cm³/mol. The largest absolute Gasteiger partial charge is 0.310 e. The number of nitrogens with zero attached hydrogens (tertiary/aromatic N) is 3. The summed E-state index contributed by atoms with van der Waals surface area (Å²) in [5.41, 5.74) is 14.6. The van der Waals surface area contributed by atoms with Gasteiger partial charge in [-0.05, 0) is 144 Å². The van der Waals surface area contributed by atoms with Gasteiger partial charge in [-0.3, -0.25) is 0 Å². The van der Waals surface area contributed by atoms with Gasteiger partial charge in [-0.25, -0.2) is 0 Å². The average molecular weight is 838 g/mol. The van der Waals surface area contributed by atoms with Crippen molar-refractivity contribution >= 4 is 82.7 Å². The third-order valence-corrected chi connectivity index (χ3v) is 12.9. The lowest BCUT2D eigenvalue weighted by Gasteiger charge is -2.30. The number of benzene rings is 10. The molecule has 4 heteroatoms. The van der Waals surface area contributed by atoms with Gasteiger partial charge < -0.3 is 14.7 Å². The lowest BCUT2D eigenvalue weighted by molar-refractivity contribution is 1.25. The summed E-state index contributed by atoms with van der Waals surface area (Å²) in [4.78, 5) is 7.03. The fourth-order valence-corrected chi connectivity index (χ4v) is 9.91. The van der Waals surface area contributed by atoms with Crippen molar-refractivity contribution in [2.75, 3.05) is 14.7 Å². The van der Waals surface area contributed by atoms with E-state index in [1.807, 2.05) is 11.3 Å². The van der Waals surface area contributed by atoms with E-state index in [-0.39, 0.29) is 0 Å². The number of hydrogen-bond acceptors (Lipinski definition) is 4. The molecule has 0 unspecified atom stereocenters. The monoisotopic (exact) mass is 837 g/mol. The quantitative estimate of drug-likeness (QED) is 0.128. The van der Waals surface area contributed by atoms with Gasteiger partial charge >= 0.3 is 0 Å². The average Bonchev–Trinajstić information content (AvgIpc) is 3.74. The van der Waals surface area contributed by atoms with Crippen LogP contribution in [0.3, 0.4) is 0 Å². The van der Waals surface area contributed by atoms with Crippen LogP contribution in [0.1, 0.15) is 0 Å². The Kier molecular flexibility index (Phi) is 10.5. The summed E-state index contributed by atoms with van der Waals surface area (Å²) in [5, 5.41) is 2.52. The molecule has 0 radical (unpaired) electrons. The van der Waals surface area contributed by atoms with E-state index in [1.165, 1.54) is 31.3 Å². The van der Waals surface area contributed by atoms with E-state index in [0.717, 1.165) is 62.3 Å². The van der Waals surface area contributed by atoms with Crippen LogP contribution in [0.4, 0.5) is 51.2 Å². The van der Waals surface area contributed by atoms with Crippen LogP contribution in [0.5, 0.6) is 0 Å². The van der Waals surface area contributed by atoms with Gasteiger partial charge in [0, 0.05) is 71.4 Å². The molecule has 0 N–H and O–H groups in total. The molecule has 0 saturated carbocycles. The Balaban J connectivity index is 1.03. The molecule has 0 spiro atoms. The van der Waals surface area contributed by atoms with Crippen LogP contribution in [0.2, 0.25) is 0 Å². The van der Waals surface area contributed by atoms with Crippen LogP contribution in [0.25, 0.3) is 42.4 Å². The van der Waals surface area contributed by atoms with E-state index < -0.39 is 0 Å². The zero-order valence-corrected chi connectivity index (χ0v) is 35.9. The molecule has 0 atom stereocenters. The molecule has 11 rings (SSSR count). The molecule has 0 bridgehead atoms. The molecule has 1 heterocycles. The SMILES string of the molecule is c1ccc(N(c2ccccc2)c2cccc(-c3ccc4c(c3)sc3ccc(-c5cc(N(c6ccccc6)c6ccccc6)cc(N(c6ccccc6)c6ccccc6)c5)cc34)c2)cc1. The van der Waals surface area contributed by atoms with Gasteiger partial charge in [-0.15, -0.1) is 11.3 Å².